The molecule has 2 aromatic rings. The van der Waals surface area contributed by atoms with E-state index in [9.17, 15) is 0 Å². The fourth-order valence-corrected chi connectivity index (χ4v) is 3.60. The first-order chi connectivity index (χ1) is 12.0. The molecule has 138 valence electrons. The lowest BCUT2D eigenvalue weighted by Gasteiger charge is -2.21. The number of aryl methyl sites for hydroxylation is 3. The minimum atomic E-state index is 0.656. The van der Waals surface area contributed by atoms with Crippen LogP contribution in [-0.2, 0) is 33.0 Å². The molecule has 0 atom stereocenters. The van der Waals surface area contributed by atoms with Gasteiger partial charge in [-0.2, -0.15) is 5.10 Å². The second-order valence-electron chi connectivity index (χ2n) is 6.09. The average molecular weight is 363 g/mol. The highest BCUT2D eigenvalue weighted by Crippen LogP contribution is 2.17. The van der Waals surface area contributed by atoms with Gasteiger partial charge in [0.25, 0.3) is 0 Å². The first kappa shape index (κ1) is 19.4. The van der Waals surface area contributed by atoms with E-state index in [0.717, 1.165) is 48.3 Å². The van der Waals surface area contributed by atoms with Gasteiger partial charge in [0.1, 0.15) is 0 Å². The number of guanidine groups is 1. The lowest BCUT2D eigenvalue weighted by atomic mass is 10.1. The molecular formula is C18H30N6S. The van der Waals surface area contributed by atoms with E-state index in [1.165, 1.54) is 11.3 Å². The van der Waals surface area contributed by atoms with Gasteiger partial charge >= 0.3 is 0 Å². The summed E-state index contributed by atoms with van der Waals surface area (Å²) < 4.78 is 2.00. The molecule has 0 amide bonds. The van der Waals surface area contributed by atoms with E-state index in [1.807, 2.05) is 18.7 Å². The van der Waals surface area contributed by atoms with Crippen LogP contribution in [0.3, 0.4) is 0 Å². The molecule has 1 N–H and O–H groups in total. The number of nitrogens with zero attached hydrogens (tertiary/aromatic N) is 5. The maximum atomic E-state index is 4.87. The van der Waals surface area contributed by atoms with Crippen molar-refractivity contribution in [1.29, 1.82) is 0 Å². The van der Waals surface area contributed by atoms with Crippen molar-refractivity contribution in [2.24, 2.45) is 12.0 Å². The zero-order valence-electron chi connectivity index (χ0n) is 16.3. The first-order valence-electron chi connectivity index (χ1n) is 8.94. The lowest BCUT2D eigenvalue weighted by Crippen LogP contribution is -2.38. The molecule has 0 aromatic carbocycles. The second-order valence-corrected chi connectivity index (χ2v) is 7.15. The molecule has 0 bridgehead atoms. The molecule has 0 aliphatic heterocycles. The summed E-state index contributed by atoms with van der Waals surface area (Å²) in [5, 5.41) is 11.2. The molecule has 0 saturated carbocycles. The summed E-state index contributed by atoms with van der Waals surface area (Å²) in [7, 11) is 4.08. The van der Waals surface area contributed by atoms with Gasteiger partial charge in [-0.25, -0.2) is 9.98 Å². The van der Waals surface area contributed by atoms with Gasteiger partial charge in [-0.1, -0.05) is 13.8 Å². The van der Waals surface area contributed by atoms with E-state index < -0.39 is 0 Å². The Balaban J connectivity index is 2.19. The summed E-state index contributed by atoms with van der Waals surface area (Å²) in [6.45, 7) is 10.7. The molecule has 25 heavy (non-hydrogen) atoms. The molecule has 6 nitrogen and oxygen atoms in total. The monoisotopic (exact) mass is 362 g/mol. The van der Waals surface area contributed by atoms with Crippen molar-refractivity contribution in [1.82, 2.24) is 25.0 Å². The van der Waals surface area contributed by atoms with E-state index in [4.69, 9.17) is 4.99 Å². The van der Waals surface area contributed by atoms with Gasteiger partial charge in [-0.05, 0) is 26.7 Å². The van der Waals surface area contributed by atoms with E-state index in [-0.39, 0.29) is 0 Å². The van der Waals surface area contributed by atoms with Gasteiger partial charge in [0, 0.05) is 37.3 Å². The number of nitrogens with one attached hydrogen (secondary N) is 1. The summed E-state index contributed by atoms with van der Waals surface area (Å²) in [5.41, 5.74) is 4.77. The summed E-state index contributed by atoms with van der Waals surface area (Å²) in [6, 6.07) is 0. The molecule has 2 heterocycles. The van der Waals surface area contributed by atoms with Crippen molar-refractivity contribution in [2.75, 3.05) is 13.6 Å². The Bertz CT molecular complexity index is 715. The average Bonchev–Trinajstić information content (AvgIpc) is 3.13. The number of rotatable bonds is 7. The molecule has 0 radical (unpaired) electrons. The van der Waals surface area contributed by atoms with Gasteiger partial charge < -0.3 is 10.2 Å². The first-order valence-corrected chi connectivity index (χ1v) is 9.82. The Morgan fingerprint density at radius 3 is 2.64 bits per heavy atom. The summed E-state index contributed by atoms with van der Waals surface area (Å²) in [6.07, 6.45) is 1.90. The Morgan fingerprint density at radius 1 is 1.32 bits per heavy atom. The number of thiazole rings is 1. The van der Waals surface area contributed by atoms with E-state index in [0.29, 0.717) is 6.54 Å². The van der Waals surface area contributed by atoms with Crippen LogP contribution in [0.5, 0.6) is 0 Å². The van der Waals surface area contributed by atoms with Crippen LogP contribution in [-0.4, -0.2) is 39.2 Å². The lowest BCUT2D eigenvalue weighted by molar-refractivity contribution is 0.470. The predicted octanol–water partition coefficient (Wildman–Crippen LogP) is 2.91. The fraction of sp³-hybridized carbons (Fsp3) is 0.611. The van der Waals surface area contributed by atoms with Crippen molar-refractivity contribution in [3.8, 4) is 0 Å². The minimum absolute atomic E-state index is 0.656. The Morgan fingerprint density at radius 2 is 2.08 bits per heavy atom. The van der Waals surface area contributed by atoms with Gasteiger partial charge in [-0.15, -0.1) is 11.3 Å². The SMILES string of the molecule is CCNC(=NCc1c(CC)nn(C)c1CC)N(C)Cc1csc(C)n1. The number of hydrogen-bond acceptors (Lipinski definition) is 4. The van der Waals surface area contributed by atoms with Crippen LogP contribution in [0.1, 0.15) is 48.4 Å². The highest BCUT2D eigenvalue weighted by molar-refractivity contribution is 7.09. The number of aliphatic imine (C=N–C) groups is 1. The maximum absolute atomic E-state index is 4.87. The topological polar surface area (TPSA) is 58.3 Å². The summed E-state index contributed by atoms with van der Waals surface area (Å²) in [4.78, 5) is 11.6. The Kier molecular flexibility index (Phi) is 6.99. The van der Waals surface area contributed by atoms with E-state index >= 15 is 0 Å². The quantitative estimate of drug-likeness (QED) is 0.608. The molecule has 0 aliphatic rings. The van der Waals surface area contributed by atoms with E-state index in [1.54, 1.807) is 11.3 Å². The van der Waals surface area contributed by atoms with Crippen molar-refractivity contribution in [2.45, 2.75) is 53.6 Å². The zero-order valence-corrected chi connectivity index (χ0v) is 17.1. The molecule has 0 unspecified atom stereocenters. The third-order valence-corrected chi connectivity index (χ3v) is 5.00. The Hall–Kier alpha value is -1.89. The van der Waals surface area contributed by atoms with Crippen LogP contribution in [0.2, 0.25) is 0 Å². The molecule has 0 aliphatic carbocycles. The van der Waals surface area contributed by atoms with Gasteiger partial charge in [-0.3, -0.25) is 4.68 Å². The Labute approximate surface area is 155 Å². The summed E-state index contributed by atoms with van der Waals surface area (Å²) >= 11 is 1.69. The normalized spacial score (nSPS) is 11.8. The predicted molar refractivity (Wildman–Crippen MR) is 105 cm³/mol. The van der Waals surface area contributed by atoms with Crippen LogP contribution in [0.4, 0.5) is 0 Å². The van der Waals surface area contributed by atoms with Gasteiger partial charge in [0.05, 0.1) is 29.5 Å². The fourth-order valence-electron chi connectivity index (χ4n) is 2.99. The van der Waals surface area contributed by atoms with Crippen LogP contribution < -0.4 is 5.32 Å². The second kappa shape index (κ2) is 8.99. The number of aromatic nitrogens is 3. The van der Waals surface area contributed by atoms with Crippen LogP contribution in [0, 0.1) is 6.92 Å². The highest BCUT2D eigenvalue weighted by atomic mass is 32.1. The molecule has 0 fully saturated rings. The molecule has 0 saturated heterocycles. The van der Waals surface area contributed by atoms with Crippen molar-refractivity contribution >= 4 is 17.3 Å². The molecular weight excluding hydrogens is 332 g/mol. The summed E-state index contributed by atoms with van der Waals surface area (Å²) in [5.74, 6) is 0.904. The van der Waals surface area contributed by atoms with Crippen LogP contribution >= 0.6 is 11.3 Å². The van der Waals surface area contributed by atoms with Crippen molar-refractivity contribution in [3.63, 3.8) is 0 Å². The molecule has 2 aromatic heterocycles. The van der Waals surface area contributed by atoms with Crippen LogP contribution in [0.15, 0.2) is 10.4 Å². The molecule has 0 spiro atoms. The van der Waals surface area contributed by atoms with Crippen molar-refractivity contribution in [3.05, 3.63) is 33.0 Å². The number of hydrogen-bond donors (Lipinski definition) is 1. The largest absolute Gasteiger partial charge is 0.357 e. The van der Waals surface area contributed by atoms with Gasteiger partial charge in [0.15, 0.2) is 5.96 Å². The maximum Gasteiger partial charge on any atom is 0.194 e. The van der Waals surface area contributed by atoms with Gasteiger partial charge in [0.2, 0.25) is 0 Å². The van der Waals surface area contributed by atoms with E-state index in [2.05, 4.69) is 53.5 Å². The van der Waals surface area contributed by atoms with Crippen molar-refractivity contribution < 1.29 is 0 Å². The smallest absolute Gasteiger partial charge is 0.194 e. The van der Waals surface area contributed by atoms with Crippen LogP contribution in [0.25, 0.3) is 0 Å². The standard InChI is InChI=1S/C18H30N6S/c1-7-16-15(17(8-2)24(6)22-16)10-20-18(19-9-3)23(5)11-14-12-25-13(4)21-14/h12H,7-11H2,1-6H3,(H,19,20). The molecule has 2 rings (SSSR count). The third-order valence-electron chi connectivity index (χ3n) is 4.18. The third kappa shape index (κ3) is 4.81. The molecule has 7 heteroatoms. The minimum Gasteiger partial charge on any atom is -0.357 e. The zero-order chi connectivity index (χ0) is 18.4. The highest BCUT2D eigenvalue weighted by Gasteiger charge is 2.14.